The Morgan fingerprint density at radius 3 is 2.47 bits per heavy atom. The molecule has 1 aliphatic rings. The molecule has 1 atom stereocenters. The molecule has 1 saturated carbocycles. The van der Waals surface area contributed by atoms with Gasteiger partial charge in [0, 0.05) is 28.4 Å². The van der Waals surface area contributed by atoms with Crippen LogP contribution in [-0.4, -0.2) is 34.6 Å². The van der Waals surface area contributed by atoms with Crippen LogP contribution < -0.4 is 5.32 Å². The Kier molecular flexibility index (Phi) is 9.33. The number of halogens is 2. The molecular weight excluding hydrogens is 463 g/mol. The summed E-state index contributed by atoms with van der Waals surface area (Å²) in [5.74, 6) is 0.839. The van der Waals surface area contributed by atoms with Crippen LogP contribution in [0.1, 0.15) is 49.3 Å². The van der Waals surface area contributed by atoms with Gasteiger partial charge < -0.3 is 10.2 Å². The molecule has 4 nitrogen and oxygen atoms in total. The van der Waals surface area contributed by atoms with Crippen molar-refractivity contribution in [3.8, 4) is 0 Å². The van der Waals surface area contributed by atoms with Gasteiger partial charge >= 0.3 is 0 Å². The molecule has 7 heteroatoms. The molecule has 0 aromatic heterocycles. The minimum atomic E-state index is -0.588. The van der Waals surface area contributed by atoms with Crippen molar-refractivity contribution < 1.29 is 9.59 Å². The zero-order chi connectivity index (χ0) is 23.1. The lowest BCUT2D eigenvalue weighted by atomic mass is 10.1. The molecule has 2 aromatic rings. The van der Waals surface area contributed by atoms with Crippen LogP contribution in [0.2, 0.25) is 10.0 Å². The topological polar surface area (TPSA) is 49.4 Å². The van der Waals surface area contributed by atoms with Gasteiger partial charge in [0.15, 0.2) is 0 Å². The number of hydrogen-bond donors (Lipinski definition) is 1. The number of aryl methyl sites for hydroxylation is 1. The number of nitrogens with zero attached hydrogens (tertiary/aromatic N) is 1. The summed E-state index contributed by atoms with van der Waals surface area (Å²) in [7, 11) is 0. The number of thioether (sulfide) groups is 1. The molecule has 1 aliphatic carbocycles. The van der Waals surface area contributed by atoms with E-state index in [1.807, 2.05) is 6.07 Å². The van der Waals surface area contributed by atoms with E-state index in [1.165, 1.54) is 11.1 Å². The van der Waals surface area contributed by atoms with Crippen LogP contribution in [-0.2, 0) is 21.9 Å². The Hall–Kier alpha value is -1.69. The lowest BCUT2D eigenvalue weighted by molar-refractivity contribution is -0.138. The van der Waals surface area contributed by atoms with Gasteiger partial charge in [0.2, 0.25) is 11.8 Å². The van der Waals surface area contributed by atoms with Crippen molar-refractivity contribution in [2.45, 2.75) is 63.9 Å². The van der Waals surface area contributed by atoms with Crippen molar-refractivity contribution in [2.24, 2.45) is 0 Å². The normalized spacial score (nSPS) is 14.9. The maximum Gasteiger partial charge on any atom is 0.242 e. The first-order valence-corrected chi connectivity index (χ1v) is 12.9. The fourth-order valence-electron chi connectivity index (χ4n) is 3.83. The second-order valence-electron chi connectivity index (χ2n) is 8.40. The predicted molar refractivity (Wildman–Crippen MR) is 134 cm³/mol. The first-order chi connectivity index (χ1) is 15.3. The SMILES string of the molecule is Cc1ccc(CSCC(=O)N(Cc2ccc(Cl)cc2Cl)C(C)C(=O)NC2CCCC2)cc1. The lowest BCUT2D eigenvalue weighted by Crippen LogP contribution is -2.50. The molecule has 1 fully saturated rings. The number of hydrogen-bond acceptors (Lipinski definition) is 3. The third-order valence-corrected chi connectivity index (χ3v) is 7.42. The van der Waals surface area contributed by atoms with Crippen LogP contribution in [0.3, 0.4) is 0 Å². The van der Waals surface area contributed by atoms with E-state index in [0.29, 0.717) is 15.8 Å². The van der Waals surface area contributed by atoms with Gasteiger partial charge in [0.25, 0.3) is 0 Å². The highest BCUT2D eigenvalue weighted by Crippen LogP contribution is 2.24. The molecule has 3 rings (SSSR count). The molecule has 32 heavy (non-hydrogen) atoms. The summed E-state index contributed by atoms with van der Waals surface area (Å²) in [5, 5.41) is 4.15. The van der Waals surface area contributed by atoms with E-state index in [1.54, 1.807) is 35.7 Å². The Morgan fingerprint density at radius 1 is 1.12 bits per heavy atom. The smallest absolute Gasteiger partial charge is 0.242 e. The van der Waals surface area contributed by atoms with Gasteiger partial charge in [0.1, 0.15) is 6.04 Å². The quantitative estimate of drug-likeness (QED) is 0.466. The molecular formula is C25H30Cl2N2O2S. The first-order valence-electron chi connectivity index (χ1n) is 11.0. The molecule has 1 N–H and O–H groups in total. The van der Waals surface area contributed by atoms with Crippen LogP contribution in [0, 0.1) is 6.92 Å². The molecule has 0 saturated heterocycles. The first kappa shape index (κ1) is 24.9. The summed E-state index contributed by atoms with van der Waals surface area (Å²) >= 11 is 13.9. The van der Waals surface area contributed by atoms with E-state index in [9.17, 15) is 9.59 Å². The molecule has 0 bridgehead atoms. The maximum atomic E-state index is 13.2. The molecule has 0 spiro atoms. The highest BCUT2D eigenvalue weighted by Gasteiger charge is 2.28. The van der Waals surface area contributed by atoms with Crippen LogP contribution in [0.25, 0.3) is 0 Å². The van der Waals surface area contributed by atoms with Crippen molar-refractivity contribution in [1.29, 1.82) is 0 Å². The monoisotopic (exact) mass is 492 g/mol. The fourth-order valence-corrected chi connectivity index (χ4v) is 5.17. The van der Waals surface area contributed by atoms with Gasteiger partial charge in [-0.25, -0.2) is 0 Å². The summed E-state index contributed by atoms with van der Waals surface area (Å²) in [4.78, 5) is 27.8. The van der Waals surface area contributed by atoms with Gasteiger partial charge in [-0.05, 0) is 49.9 Å². The zero-order valence-corrected chi connectivity index (χ0v) is 20.9. The Bertz CT molecular complexity index is 930. The summed E-state index contributed by atoms with van der Waals surface area (Å²) in [6.45, 7) is 4.11. The van der Waals surface area contributed by atoms with Crippen molar-refractivity contribution in [3.63, 3.8) is 0 Å². The second-order valence-corrected chi connectivity index (χ2v) is 10.2. The number of rotatable bonds is 9. The van der Waals surface area contributed by atoms with E-state index < -0.39 is 6.04 Å². The third-order valence-electron chi connectivity index (χ3n) is 5.84. The van der Waals surface area contributed by atoms with Crippen molar-refractivity contribution in [2.75, 3.05) is 5.75 Å². The minimum absolute atomic E-state index is 0.0813. The summed E-state index contributed by atoms with van der Waals surface area (Å²) in [6.07, 6.45) is 4.28. The van der Waals surface area contributed by atoms with Gasteiger partial charge in [-0.2, -0.15) is 0 Å². The average molecular weight is 494 g/mol. The Labute approximate surface area is 205 Å². The second kappa shape index (κ2) is 12.0. The van der Waals surface area contributed by atoms with Crippen LogP contribution >= 0.6 is 35.0 Å². The maximum absolute atomic E-state index is 13.2. The summed E-state index contributed by atoms with van der Waals surface area (Å²) in [6, 6.07) is 13.1. The number of carbonyl (C=O) groups is 2. The number of carbonyl (C=O) groups excluding carboxylic acids is 2. The van der Waals surface area contributed by atoms with Crippen molar-refractivity contribution in [1.82, 2.24) is 10.2 Å². The molecule has 2 aromatic carbocycles. The minimum Gasteiger partial charge on any atom is -0.352 e. The number of nitrogens with one attached hydrogen (secondary N) is 1. The number of amides is 2. The largest absolute Gasteiger partial charge is 0.352 e. The van der Waals surface area contributed by atoms with Crippen LogP contribution in [0.15, 0.2) is 42.5 Å². The fraction of sp³-hybridized carbons (Fsp3) is 0.440. The van der Waals surface area contributed by atoms with Gasteiger partial charge in [-0.3, -0.25) is 9.59 Å². The highest BCUT2D eigenvalue weighted by atomic mass is 35.5. The van der Waals surface area contributed by atoms with Gasteiger partial charge in [0.05, 0.1) is 5.75 Å². The van der Waals surface area contributed by atoms with Crippen LogP contribution in [0.4, 0.5) is 0 Å². The molecule has 0 aliphatic heterocycles. The number of benzene rings is 2. The Morgan fingerprint density at radius 2 is 1.81 bits per heavy atom. The van der Waals surface area contributed by atoms with E-state index in [-0.39, 0.29) is 24.4 Å². The molecule has 1 unspecified atom stereocenters. The average Bonchev–Trinajstić information content (AvgIpc) is 3.27. The molecule has 0 radical (unpaired) electrons. The van der Waals surface area contributed by atoms with E-state index in [4.69, 9.17) is 23.2 Å². The standard InChI is InChI=1S/C25H30Cl2N2O2S/c1-17-7-9-19(10-8-17)15-32-16-24(30)29(14-20-11-12-21(26)13-23(20)27)18(2)25(31)28-22-5-3-4-6-22/h7-13,18,22H,3-6,14-16H2,1-2H3,(H,28,31). The van der Waals surface area contributed by atoms with Gasteiger partial charge in [-0.1, -0.05) is 71.9 Å². The zero-order valence-electron chi connectivity index (χ0n) is 18.6. The third kappa shape index (κ3) is 7.16. The Balaban J connectivity index is 1.68. The van der Waals surface area contributed by atoms with Gasteiger partial charge in [-0.15, -0.1) is 11.8 Å². The predicted octanol–water partition coefficient (Wildman–Crippen LogP) is 6.01. The molecule has 172 valence electrons. The van der Waals surface area contributed by atoms with E-state index in [0.717, 1.165) is 37.0 Å². The summed E-state index contributed by atoms with van der Waals surface area (Å²) < 4.78 is 0. The van der Waals surface area contributed by atoms with Crippen molar-refractivity contribution >= 4 is 46.8 Å². The molecule has 2 amide bonds. The summed E-state index contributed by atoms with van der Waals surface area (Å²) in [5.41, 5.74) is 3.16. The van der Waals surface area contributed by atoms with E-state index in [2.05, 4.69) is 36.5 Å². The lowest BCUT2D eigenvalue weighted by Gasteiger charge is -2.30. The van der Waals surface area contributed by atoms with E-state index >= 15 is 0 Å². The van der Waals surface area contributed by atoms with Crippen molar-refractivity contribution in [3.05, 3.63) is 69.2 Å². The van der Waals surface area contributed by atoms with Crippen LogP contribution in [0.5, 0.6) is 0 Å². The highest BCUT2D eigenvalue weighted by molar-refractivity contribution is 7.99. The molecule has 0 heterocycles.